The van der Waals surface area contributed by atoms with E-state index in [0.29, 0.717) is 6.42 Å². The fourth-order valence-corrected chi connectivity index (χ4v) is 1.79. The molecule has 0 aliphatic carbocycles. The molecule has 2 aromatic rings. The average molecular weight is 271 g/mol. The first-order valence-corrected chi connectivity index (χ1v) is 6.13. The number of hydrogen-bond donors (Lipinski definition) is 0. The summed E-state index contributed by atoms with van der Waals surface area (Å²) < 4.78 is 5.08. The van der Waals surface area contributed by atoms with Gasteiger partial charge in [0.1, 0.15) is 5.56 Å². The van der Waals surface area contributed by atoms with Gasteiger partial charge in [0.05, 0.1) is 11.5 Å². The highest BCUT2D eigenvalue weighted by atomic mass is 16.6. The lowest BCUT2D eigenvalue weighted by Gasteiger charge is -2.05. The van der Waals surface area contributed by atoms with Crippen LogP contribution in [0.3, 0.4) is 0 Å². The van der Waals surface area contributed by atoms with Gasteiger partial charge in [-0.25, -0.2) is 4.79 Å². The molecule has 2 rings (SSSR count). The maximum absolute atomic E-state index is 11.8. The standard InChI is InChI=1S/C15H13NO4/c17-15(13-8-4-5-9-14(13)16(18)19)20-11-10-12-6-2-1-3-7-12/h1-9H,10-11H2. The van der Waals surface area contributed by atoms with Crippen LogP contribution in [0.25, 0.3) is 0 Å². The van der Waals surface area contributed by atoms with Crippen molar-refractivity contribution in [3.63, 3.8) is 0 Å². The lowest BCUT2D eigenvalue weighted by molar-refractivity contribution is -0.385. The second-order valence-electron chi connectivity index (χ2n) is 4.15. The number of carbonyl (C=O) groups excluding carboxylic acids is 1. The van der Waals surface area contributed by atoms with Crippen LogP contribution < -0.4 is 0 Å². The van der Waals surface area contributed by atoms with E-state index in [1.807, 2.05) is 30.3 Å². The highest BCUT2D eigenvalue weighted by Gasteiger charge is 2.20. The first-order valence-electron chi connectivity index (χ1n) is 6.13. The number of rotatable bonds is 5. The summed E-state index contributed by atoms with van der Waals surface area (Å²) in [4.78, 5) is 22.1. The molecule has 0 atom stereocenters. The molecule has 0 spiro atoms. The zero-order valence-corrected chi connectivity index (χ0v) is 10.7. The number of benzene rings is 2. The molecule has 5 nitrogen and oxygen atoms in total. The molecular weight excluding hydrogens is 258 g/mol. The Labute approximate surface area is 116 Å². The first kappa shape index (κ1) is 13.7. The fourth-order valence-electron chi connectivity index (χ4n) is 1.79. The highest BCUT2D eigenvalue weighted by molar-refractivity contribution is 5.93. The third kappa shape index (κ3) is 3.41. The third-order valence-electron chi connectivity index (χ3n) is 2.79. The van der Waals surface area contributed by atoms with Gasteiger partial charge in [0.15, 0.2) is 0 Å². The Morgan fingerprint density at radius 1 is 1.05 bits per heavy atom. The van der Waals surface area contributed by atoms with Gasteiger partial charge in [-0.3, -0.25) is 10.1 Å². The third-order valence-corrected chi connectivity index (χ3v) is 2.79. The number of ether oxygens (including phenoxy) is 1. The fraction of sp³-hybridized carbons (Fsp3) is 0.133. The van der Waals surface area contributed by atoms with Gasteiger partial charge in [-0.1, -0.05) is 42.5 Å². The molecule has 102 valence electrons. The minimum absolute atomic E-state index is 0.0226. The molecule has 20 heavy (non-hydrogen) atoms. The van der Waals surface area contributed by atoms with Crippen molar-refractivity contribution in [2.75, 3.05) is 6.61 Å². The Morgan fingerprint density at radius 3 is 2.40 bits per heavy atom. The molecule has 0 amide bonds. The molecule has 2 aromatic carbocycles. The van der Waals surface area contributed by atoms with Crippen LogP contribution in [0.15, 0.2) is 54.6 Å². The largest absolute Gasteiger partial charge is 0.462 e. The van der Waals surface area contributed by atoms with Gasteiger partial charge >= 0.3 is 5.97 Å². The van der Waals surface area contributed by atoms with E-state index in [0.717, 1.165) is 5.56 Å². The maximum Gasteiger partial charge on any atom is 0.345 e. The van der Waals surface area contributed by atoms with Crippen LogP contribution >= 0.6 is 0 Å². The summed E-state index contributed by atoms with van der Waals surface area (Å²) in [6.45, 7) is 0.189. The number of nitrogens with zero attached hydrogens (tertiary/aromatic N) is 1. The molecule has 0 aromatic heterocycles. The second-order valence-corrected chi connectivity index (χ2v) is 4.15. The number of esters is 1. The van der Waals surface area contributed by atoms with Crippen molar-refractivity contribution in [3.05, 3.63) is 75.8 Å². The lowest BCUT2D eigenvalue weighted by Crippen LogP contribution is -2.10. The van der Waals surface area contributed by atoms with E-state index in [2.05, 4.69) is 0 Å². The van der Waals surface area contributed by atoms with Crippen molar-refractivity contribution in [2.24, 2.45) is 0 Å². The highest BCUT2D eigenvalue weighted by Crippen LogP contribution is 2.18. The quantitative estimate of drug-likeness (QED) is 0.476. The van der Waals surface area contributed by atoms with Gasteiger partial charge in [-0.15, -0.1) is 0 Å². The summed E-state index contributed by atoms with van der Waals surface area (Å²) in [6.07, 6.45) is 0.577. The number of nitro benzene ring substituents is 1. The van der Waals surface area contributed by atoms with Crippen LogP contribution in [0.5, 0.6) is 0 Å². The van der Waals surface area contributed by atoms with E-state index in [9.17, 15) is 14.9 Å². The van der Waals surface area contributed by atoms with Gasteiger partial charge < -0.3 is 4.74 Å². The minimum Gasteiger partial charge on any atom is -0.462 e. The van der Waals surface area contributed by atoms with Crippen LogP contribution in [-0.4, -0.2) is 17.5 Å². The summed E-state index contributed by atoms with van der Waals surface area (Å²) in [5, 5.41) is 10.8. The zero-order chi connectivity index (χ0) is 14.4. The van der Waals surface area contributed by atoms with Crippen molar-refractivity contribution in [3.8, 4) is 0 Å². The Hall–Kier alpha value is -2.69. The number of nitro groups is 1. The molecule has 0 bridgehead atoms. The minimum atomic E-state index is -0.673. The second kappa shape index (κ2) is 6.47. The molecule has 0 unspecified atom stereocenters. The molecule has 0 aliphatic rings. The predicted octanol–water partition coefficient (Wildman–Crippen LogP) is 2.99. The van der Waals surface area contributed by atoms with Gasteiger partial charge in [-0.05, 0) is 11.6 Å². The smallest absolute Gasteiger partial charge is 0.345 e. The van der Waals surface area contributed by atoms with E-state index in [1.54, 1.807) is 6.07 Å². The molecule has 0 N–H and O–H groups in total. The van der Waals surface area contributed by atoms with Crippen LogP contribution in [0.2, 0.25) is 0 Å². The monoisotopic (exact) mass is 271 g/mol. The van der Waals surface area contributed by atoms with E-state index in [-0.39, 0.29) is 17.9 Å². The van der Waals surface area contributed by atoms with Crippen LogP contribution in [0.1, 0.15) is 15.9 Å². The van der Waals surface area contributed by atoms with Crippen molar-refractivity contribution in [1.82, 2.24) is 0 Å². The SMILES string of the molecule is O=C(OCCc1ccccc1)c1ccccc1[N+](=O)[O-]. The van der Waals surface area contributed by atoms with Crippen molar-refractivity contribution < 1.29 is 14.5 Å². The summed E-state index contributed by atoms with van der Waals surface area (Å²) in [6, 6.07) is 15.3. The molecule has 0 radical (unpaired) electrons. The summed E-state index contributed by atoms with van der Waals surface area (Å²) in [5.74, 6) is -0.673. The topological polar surface area (TPSA) is 69.4 Å². The molecule has 5 heteroatoms. The summed E-state index contributed by atoms with van der Waals surface area (Å²) in [5.41, 5.74) is 0.783. The van der Waals surface area contributed by atoms with Crippen LogP contribution in [-0.2, 0) is 11.2 Å². The maximum atomic E-state index is 11.8. The van der Waals surface area contributed by atoms with Crippen molar-refractivity contribution >= 4 is 11.7 Å². The Bertz CT molecular complexity index is 610. The van der Waals surface area contributed by atoms with Gasteiger partial charge in [0.25, 0.3) is 5.69 Å². The van der Waals surface area contributed by atoms with Gasteiger partial charge in [-0.2, -0.15) is 0 Å². The predicted molar refractivity (Wildman–Crippen MR) is 73.5 cm³/mol. The van der Waals surface area contributed by atoms with Crippen molar-refractivity contribution in [2.45, 2.75) is 6.42 Å². The number of hydrogen-bond acceptors (Lipinski definition) is 4. The normalized spacial score (nSPS) is 10.0. The molecule has 0 saturated heterocycles. The molecule has 0 heterocycles. The summed E-state index contributed by atoms with van der Waals surface area (Å²) >= 11 is 0. The zero-order valence-electron chi connectivity index (χ0n) is 10.7. The van der Waals surface area contributed by atoms with E-state index >= 15 is 0 Å². The molecule has 0 fully saturated rings. The number of para-hydroxylation sites is 1. The van der Waals surface area contributed by atoms with Gasteiger partial charge in [0, 0.05) is 12.5 Å². The lowest BCUT2D eigenvalue weighted by atomic mass is 10.1. The van der Waals surface area contributed by atoms with Crippen molar-refractivity contribution in [1.29, 1.82) is 0 Å². The van der Waals surface area contributed by atoms with E-state index in [1.165, 1.54) is 18.2 Å². The average Bonchev–Trinajstić information content (AvgIpc) is 2.48. The van der Waals surface area contributed by atoms with Gasteiger partial charge in [0.2, 0.25) is 0 Å². The van der Waals surface area contributed by atoms with E-state index < -0.39 is 10.9 Å². The number of carbonyl (C=O) groups is 1. The molecule has 0 aliphatic heterocycles. The molecular formula is C15H13NO4. The Balaban J connectivity index is 1.97. The summed E-state index contributed by atoms with van der Waals surface area (Å²) in [7, 11) is 0. The van der Waals surface area contributed by atoms with Crippen LogP contribution in [0.4, 0.5) is 5.69 Å². The Kier molecular flexibility index (Phi) is 4.44. The Morgan fingerprint density at radius 2 is 1.70 bits per heavy atom. The van der Waals surface area contributed by atoms with Crippen LogP contribution in [0, 0.1) is 10.1 Å². The van der Waals surface area contributed by atoms with E-state index in [4.69, 9.17) is 4.74 Å². The first-order chi connectivity index (χ1) is 9.68. The molecule has 0 saturated carbocycles.